The number of aliphatic hydroxyl groups is 1. The van der Waals surface area contributed by atoms with E-state index >= 15 is 0 Å². The van der Waals surface area contributed by atoms with Crippen LogP contribution in [0.15, 0.2) is 29.3 Å². The highest BCUT2D eigenvalue weighted by molar-refractivity contribution is 5.97. The number of benzene rings is 1. The standard InChI is InChI=1S/C21H28O5/c1-11-14(22)10-13-18(23)16-12(8-7-9-15(16)24-4)19(25-5)20(26-6)17(11)21(13,2)3/h7-9,13,18-20,23H,10H2,1-6H3/t13-,18+,19+,20+/m0/s1. The molecule has 1 aromatic rings. The van der Waals surface area contributed by atoms with Gasteiger partial charge in [0.1, 0.15) is 18.0 Å². The lowest BCUT2D eigenvalue weighted by molar-refractivity contribution is -0.122. The maximum atomic E-state index is 12.7. The quantitative estimate of drug-likeness (QED) is 0.895. The Hall–Kier alpha value is -1.69. The molecular formula is C21H28O5. The van der Waals surface area contributed by atoms with Crippen LogP contribution in [0.5, 0.6) is 5.75 Å². The SMILES string of the molecule is COc1cccc2c1[C@H](O)[C@@H]1CC(=O)C(C)=C([C@@H](OC)[C@@H]2OC)C1(C)C. The highest BCUT2D eigenvalue weighted by atomic mass is 16.5. The predicted octanol–water partition coefficient (Wildman–Crippen LogP) is 3.38. The van der Waals surface area contributed by atoms with Gasteiger partial charge in [0.15, 0.2) is 5.78 Å². The summed E-state index contributed by atoms with van der Waals surface area (Å²) >= 11 is 0. The van der Waals surface area contributed by atoms with Gasteiger partial charge in [-0.3, -0.25) is 4.79 Å². The maximum absolute atomic E-state index is 12.7. The van der Waals surface area contributed by atoms with E-state index in [-0.39, 0.29) is 11.7 Å². The highest BCUT2D eigenvalue weighted by Gasteiger charge is 2.51. The second-order valence-electron chi connectivity index (χ2n) is 7.71. The Kier molecular flexibility index (Phi) is 4.99. The van der Waals surface area contributed by atoms with E-state index in [0.29, 0.717) is 17.7 Å². The van der Waals surface area contributed by atoms with Gasteiger partial charge in [-0.2, -0.15) is 0 Å². The Morgan fingerprint density at radius 3 is 2.35 bits per heavy atom. The number of hydrogen-bond acceptors (Lipinski definition) is 5. The van der Waals surface area contributed by atoms with Crippen molar-refractivity contribution >= 4 is 5.78 Å². The van der Waals surface area contributed by atoms with E-state index < -0.39 is 23.7 Å². The lowest BCUT2D eigenvalue weighted by Gasteiger charge is -2.49. The van der Waals surface area contributed by atoms with Crippen molar-refractivity contribution in [2.45, 2.75) is 45.5 Å². The Labute approximate surface area is 155 Å². The van der Waals surface area contributed by atoms with Crippen LogP contribution in [-0.2, 0) is 14.3 Å². The van der Waals surface area contributed by atoms with E-state index in [1.807, 2.05) is 25.1 Å². The first kappa shape index (κ1) is 19.1. The molecule has 0 unspecified atom stereocenters. The minimum absolute atomic E-state index is 0.0543. The normalized spacial score (nSPS) is 30.5. The van der Waals surface area contributed by atoms with Gasteiger partial charge in [-0.1, -0.05) is 26.0 Å². The van der Waals surface area contributed by atoms with Crippen molar-refractivity contribution in [1.82, 2.24) is 0 Å². The molecule has 4 atom stereocenters. The zero-order valence-corrected chi connectivity index (χ0v) is 16.3. The van der Waals surface area contributed by atoms with Crippen LogP contribution in [0.2, 0.25) is 0 Å². The number of carbonyl (C=O) groups is 1. The molecular weight excluding hydrogens is 332 g/mol. The zero-order valence-electron chi connectivity index (χ0n) is 16.3. The summed E-state index contributed by atoms with van der Waals surface area (Å²) in [6.07, 6.45) is -1.40. The summed E-state index contributed by atoms with van der Waals surface area (Å²) in [4.78, 5) is 12.7. The number of ether oxygens (including phenoxy) is 3. The number of hydrogen-bond donors (Lipinski definition) is 1. The summed E-state index contributed by atoms with van der Waals surface area (Å²) in [5.74, 6) is 0.391. The van der Waals surface area contributed by atoms with Crippen LogP contribution in [0.3, 0.4) is 0 Å². The third-order valence-electron chi connectivity index (χ3n) is 6.22. The molecule has 0 radical (unpaired) electrons. The largest absolute Gasteiger partial charge is 0.496 e. The van der Waals surface area contributed by atoms with Crippen molar-refractivity contribution in [3.63, 3.8) is 0 Å². The molecule has 0 heterocycles. The van der Waals surface area contributed by atoms with Gasteiger partial charge in [0.2, 0.25) is 0 Å². The van der Waals surface area contributed by atoms with E-state index in [1.54, 1.807) is 21.3 Å². The summed E-state index contributed by atoms with van der Waals surface area (Å²) in [5.41, 5.74) is 2.74. The molecule has 0 spiro atoms. The van der Waals surface area contributed by atoms with Crippen molar-refractivity contribution in [3.05, 3.63) is 40.5 Å². The van der Waals surface area contributed by atoms with Crippen molar-refractivity contribution < 1.29 is 24.1 Å². The van der Waals surface area contributed by atoms with Gasteiger partial charge >= 0.3 is 0 Å². The van der Waals surface area contributed by atoms with Crippen LogP contribution in [0, 0.1) is 11.3 Å². The number of aliphatic hydroxyl groups excluding tert-OH is 1. The Morgan fingerprint density at radius 1 is 1.12 bits per heavy atom. The van der Waals surface area contributed by atoms with Crippen LogP contribution >= 0.6 is 0 Å². The summed E-state index contributed by atoms with van der Waals surface area (Å²) < 4.78 is 17.3. The van der Waals surface area contributed by atoms with E-state index in [0.717, 1.165) is 16.7 Å². The Balaban J connectivity index is 2.38. The second kappa shape index (κ2) is 6.80. The fourth-order valence-electron chi connectivity index (χ4n) is 4.84. The van der Waals surface area contributed by atoms with Gasteiger partial charge in [0, 0.05) is 32.1 Å². The van der Waals surface area contributed by atoms with Gasteiger partial charge in [0.05, 0.1) is 13.2 Å². The molecule has 0 amide bonds. The number of rotatable bonds is 3. The molecule has 0 saturated carbocycles. The number of allylic oxidation sites excluding steroid dienone is 1. The van der Waals surface area contributed by atoms with Crippen molar-refractivity contribution in [2.24, 2.45) is 11.3 Å². The molecule has 2 aliphatic carbocycles. The second-order valence-corrected chi connectivity index (χ2v) is 7.71. The summed E-state index contributed by atoms with van der Waals surface area (Å²) in [6, 6.07) is 5.66. The first-order chi connectivity index (χ1) is 12.3. The van der Waals surface area contributed by atoms with Gasteiger partial charge in [-0.05, 0) is 35.1 Å². The predicted molar refractivity (Wildman–Crippen MR) is 98.1 cm³/mol. The Bertz CT molecular complexity index is 749. The minimum atomic E-state index is -0.835. The van der Waals surface area contributed by atoms with E-state index in [1.165, 1.54) is 0 Å². The molecule has 26 heavy (non-hydrogen) atoms. The topological polar surface area (TPSA) is 65.0 Å². The number of ketones is 1. The van der Waals surface area contributed by atoms with E-state index in [4.69, 9.17) is 14.2 Å². The maximum Gasteiger partial charge on any atom is 0.159 e. The summed E-state index contributed by atoms with van der Waals surface area (Å²) in [5, 5.41) is 11.4. The molecule has 0 saturated heterocycles. The third kappa shape index (κ3) is 2.61. The van der Waals surface area contributed by atoms with Gasteiger partial charge in [-0.25, -0.2) is 0 Å². The summed E-state index contributed by atoms with van der Waals surface area (Å²) in [6.45, 7) is 6.01. The number of Topliss-reactive ketones (excluding diaryl/α,β-unsaturated/α-hetero) is 1. The van der Waals surface area contributed by atoms with Crippen molar-refractivity contribution in [1.29, 1.82) is 0 Å². The highest BCUT2D eigenvalue weighted by Crippen LogP contribution is 2.56. The molecule has 1 N–H and O–H groups in total. The van der Waals surface area contributed by atoms with Crippen LogP contribution < -0.4 is 4.74 Å². The van der Waals surface area contributed by atoms with Gasteiger partial charge in [-0.15, -0.1) is 0 Å². The smallest absolute Gasteiger partial charge is 0.159 e. The lowest BCUT2D eigenvalue weighted by atomic mass is 9.58. The molecule has 5 nitrogen and oxygen atoms in total. The third-order valence-corrected chi connectivity index (χ3v) is 6.22. The molecule has 142 valence electrons. The molecule has 2 aliphatic rings. The van der Waals surface area contributed by atoms with E-state index in [9.17, 15) is 9.90 Å². The lowest BCUT2D eigenvalue weighted by Crippen LogP contribution is -2.46. The number of methoxy groups -OCH3 is 3. The van der Waals surface area contributed by atoms with Gasteiger partial charge in [0.25, 0.3) is 0 Å². The molecule has 0 fully saturated rings. The van der Waals surface area contributed by atoms with Gasteiger partial charge < -0.3 is 19.3 Å². The monoisotopic (exact) mass is 360 g/mol. The number of fused-ring (bicyclic) bond motifs is 3. The van der Waals surface area contributed by atoms with Crippen LogP contribution in [-0.4, -0.2) is 38.3 Å². The molecule has 0 aliphatic heterocycles. The first-order valence-corrected chi connectivity index (χ1v) is 8.94. The van der Waals surface area contributed by atoms with Crippen LogP contribution in [0.1, 0.15) is 50.5 Å². The van der Waals surface area contributed by atoms with Crippen LogP contribution in [0.4, 0.5) is 0 Å². The molecule has 0 aromatic heterocycles. The average molecular weight is 360 g/mol. The Morgan fingerprint density at radius 2 is 1.77 bits per heavy atom. The molecule has 5 heteroatoms. The number of carbonyl (C=O) groups excluding carboxylic acids is 1. The molecule has 3 rings (SSSR count). The molecule has 1 aromatic carbocycles. The van der Waals surface area contributed by atoms with E-state index in [2.05, 4.69) is 13.8 Å². The van der Waals surface area contributed by atoms with Crippen molar-refractivity contribution in [3.8, 4) is 5.75 Å². The average Bonchev–Trinajstić information content (AvgIpc) is 2.62. The van der Waals surface area contributed by atoms with Crippen LogP contribution in [0.25, 0.3) is 0 Å². The fraction of sp³-hybridized carbons (Fsp3) is 0.571. The molecule has 2 bridgehead atoms. The fourth-order valence-corrected chi connectivity index (χ4v) is 4.84. The van der Waals surface area contributed by atoms with Crippen molar-refractivity contribution in [2.75, 3.05) is 21.3 Å². The first-order valence-electron chi connectivity index (χ1n) is 8.94. The summed E-state index contributed by atoms with van der Waals surface area (Å²) in [7, 11) is 4.85. The zero-order chi connectivity index (χ0) is 19.2. The minimum Gasteiger partial charge on any atom is -0.496 e.